The highest BCUT2D eigenvalue weighted by atomic mass is 32.1. The van der Waals surface area contributed by atoms with Gasteiger partial charge in [0.15, 0.2) is 10.3 Å². The lowest BCUT2D eigenvalue weighted by atomic mass is 10.5. The number of hydrogen-bond donors (Lipinski definition) is 4. The summed E-state index contributed by atoms with van der Waals surface area (Å²) in [5, 5.41) is 0.550. The van der Waals surface area contributed by atoms with E-state index in [2.05, 4.69) is 35.2 Å². The lowest BCUT2D eigenvalue weighted by Gasteiger charge is -1.87. The number of nitrogens with zero attached hydrogens (tertiary/aromatic N) is 2. The Morgan fingerprint density at radius 2 is 1.33 bits per heavy atom. The van der Waals surface area contributed by atoms with Crippen LogP contribution in [0.3, 0.4) is 0 Å². The molecule has 0 saturated carbocycles. The molecule has 0 aromatic rings. The Hall–Kier alpha value is -0.620. The molecule has 0 heterocycles. The maximum absolute atomic E-state index is 5.18. The fraction of sp³-hybridized carbons (Fsp3) is 0.333. The van der Waals surface area contributed by atoms with Gasteiger partial charge in [0.1, 0.15) is 0 Å². The molecular weight excluding hydrogens is 192 g/mol. The normalized spacial score (nSPS) is 14.2. The number of thiol groups is 2. The van der Waals surface area contributed by atoms with Crippen molar-refractivity contribution in [3.63, 3.8) is 0 Å². The number of amidine groups is 2. The van der Waals surface area contributed by atoms with Crippen LogP contribution in [0.2, 0.25) is 0 Å². The van der Waals surface area contributed by atoms with Gasteiger partial charge in [-0.25, -0.2) is 0 Å². The molecule has 12 heavy (non-hydrogen) atoms. The minimum absolute atomic E-state index is 0.275. The van der Waals surface area contributed by atoms with Gasteiger partial charge in [0.2, 0.25) is 0 Å². The molecular formula is C6H12N4S2. The van der Waals surface area contributed by atoms with Crippen molar-refractivity contribution in [3.05, 3.63) is 12.2 Å². The van der Waals surface area contributed by atoms with E-state index >= 15 is 0 Å². The van der Waals surface area contributed by atoms with Crippen LogP contribution >= 0.6 is 25.3 Å². The Bertz CT molecular complexity index is 180. The van der Waals surface area contributed by atoms with Crippen molar-refractivity contribution < 1.29 is 0 Å². The Balaban J connectivity index is 3.52. The fourth-order valence-electron chi connectivity index (χ4n) is 0.442. The van der Waals surface area contributed by atoms with Crippen molar-refractivity contribution in [1.82, 2.24) is 0 Å². The summed E-state index contributed by atoms with van der Waals surface area (Å²) in [5.41, 5.74) is 10.4. The Morgan fingerprint density at radius 1 is 1.00 bits per heavy atom. The highest BCUT2D eigenvalue weighted by Gasteiger charge is 1.78. The first-order valence-corrected chi connectivity index (χ1v) is 4.15. The minimum atomic E-state index is 0.275. The lowest BCUT2D eigenvalue weighted by Crippen LogP contribution is -2.02. The van der Waals surface area contributed by atoms with Crippen molar-refractivity contribution in [3.8, 4) is 0 Å². The van der Waals surface area contributed by atoms with Gasteiger partial charge in [-0.3, -0.25) is 9.98 Å². The van der Waals surface area contributed by atoms with Gasteiger partial charge < -0.3 is 11.5 Å². The maximum atomic E-state index is 5.18. The van der Waals surface area contributed by atoms with Crippen LogP contribution in [-0.2, 0) is 0 Å². The number of nitrogens with two attached hydrogens (primary N) is 2. The SMILES string of the molecule is NC(S)=NCC=CCN=C(N)S. The summed E-state index contributed by atoms with van der Waals surface area (Å²) in [6, 6.07) is 0. The molecule has 0 aliphatic rings. The molecule has 0 aromatic heterocycles. The first-order valence-electron chi connectivity index (χ1n) is 3.25. The van der Waals surface area contributed by atoms with E-state index in [0.29, 0.717) is 13.1 Å². The topological polar surface area (TPSA) is 76.8 Å². The van der Waals surface area contributed by atoms with Crippen molar-refractivity contribution in [1.29, 1.82) is 0 Å². The third-order valence-corrected chi connectivity index (χ3v) is 1.17. The van der Waals surface area contributed by atoms with Crippen molar-refractivity contribution in [2.75, 3.05) is 13.1 Å². The van der Waals surface area contributed by atoms with E-state index in [1.807, 2.05) is 12.2 Å². The van der Waals surface area contributed by atoms with Gasteiger partial charge in [-0.1, -0.05) is 12.2 Å². The van der Waals surface area contributed by atoms with E-state index in [1.165, 1.54) is 0 Å². The van der Waals surface area contributed by atoms with E-state index in [0.717, 1.165) is 0 Å². The molecule has 0 spiro atoms. The van der Waals surface area contributed by atoms with Crippen LogP contribution in [0.4, 0.5) is 0 Å². The average Bonchev–Trinajstić information content (AvgIpc) is 1.95. The molecule has 6 heteroatoms. The van der Waals surface area contributed by atoms with Gasteiger partial charge in [-0.15, -0.1) is 25.3 Å². The quantitative estimate of drug-likeness (QED) is 0.226. The summed E-state index contributed by atoms with van der Waals surface area (Å²) in [6.07, 6.45) is 3.65. The summed E-state index contributed by atoms with van der Waals surface area (Å²) >= 11 is 7.58. The monoisotopic (exact) mass is 204 g/mol. The van der Waals surface area contributed by atoms with Gasteiger partial charge in [-0.05, 0) is 0 Å². The Labute approximate surface area is 82.7 Å². The standard InChI is InChI=1S/C6H12N4S2/c7-5(11)9-3-1-2-4-10-6(8)12/h1-2H,3-4H2,(H3,7,9,11)(H3,8,10,12). The van der Waals surface area contributed by atoms with Gasteiger partial charge in [0, 0.05) is 0 Å². The molecule has 0 radical (unpaired) electrons. The van der Waals surface area contributed by atoms with Gasteiger partial charge in [0.05, 0.1) is 13.1 Å². The second-order valence-electron chi connectivity index (χ2n) is 1.87. The lowest BCUT2D eigenvalue weighted by molar-refractivity contribution is 1.19. The number of rotatable bonds is 4. The molecule has 0 amide bonds. The molecule has 0 aliphatic heterocycles. The first-order chi connectivity index (χ1) is 5.63. The molecule has 0 aromatic carbocycles. The van der Waals surface area contributed by atoms with Crippen molar-refractivity contribution in [2.45, 2.75) is 0 Å². The van der Waals surface area contributed by atoms with E-state index < -0.39 is 0 Å². The highest BCUT2D eigenvalue weighted by molar-refractivity contribution is 7.97. The van der Waals surface area contributed by atoms with Gasteiger partial charge in [0.25, 0.3) is 0 Å². The van der Waals surface area contributed by atoms with Crippen molar-refractivity contribution >= 4 is 35.6 Å². The zero-order valence-electron chi connectivity index (χ0n) is 6.51. The molecule has 0 aliphatic carbocycles. The predicted molar refractivity (Wildman–Crippen MR) is 60.1 cm³/mol. The summed E-state index contributed by atoms with van der Waals surface area (Å²) in [6.45, 7) is 1.02. The van der Waals surface area contributed by atoms with Crippen LogP contribution in [0.1, 0.15) is 0 Å². The smallest absolute Gasteiger partial charge is 0.151 e. The fourth-order valence-corrected chi connectivity index (χ4v) is 0.605. The van der Waals surface area contributed by atoms with E-state index in [1.54, 1.807) is 0 Å². The molecule has 4 nitrogen and oxygen atoms in total. The number of aliphatic imine (C=N–C) groups is 2. The zero-order chi connectivity index (χ0) is 9.40. The first kappa shape index (κ1) is 11.4. The molecule has 68 valence electrons. The summed E-state index contributed by atoms with van der Waals surface area (Å²) in [5.74, 6) is 0. The molecule has 0 fully saturated rings. The van der Waals surface area contributed by atoms with Crippen molar-refractivity contribution in [2.24, 2.45) is 21.5 Å². The van der Waals surface area contributed by atoms with Crippen LogP contribution in [0, 0.1) is 0 Å². The highest BCUT2D eigenvalue weighted by Crippen LogP contribution is 1.82. The zero-order valence-corrected chi connectivity index (χ0v) is 8.30. The molecule has 0 unspecified atom stereocenters. The minimum Gasteiger partial charge on any atom is -0.379 e. The largest absolute Gasteiger partial charge is 0.379 e. The Morgan fingerprint density at radius 3 is 1.58 bits per heavy atom. The predicted octanol–water partition coefficient (Wildman–Crippen LogP) is 0.0316. The van der Waals surface area contributed by atoms with E-state index in [-0.39, 0.29) is 10.3 Å². The molecule has 0 saturated heterocycles. The summed E-state index contributed by atoms with van der Waals surface area (Å²) < 4.78 is 0. The average molecular weight is 204 g/mol. The van der Waals surface area contributed by atoms with Crippen LogP contribution in [-0.4, -0.2) is 23.4 Å². The Kier molecular flexibility index (Phi) is 6.69. The van der Waals surface area contributed by atoms with Crippen LogP contribution in [0.5, 0.6) is 0 Å². The van der Waals surface area contributed by atoms with Crippen LogP contribution in [0.25, 0.3) is 0 Å². The van der Waals surface area contributed by atoms with Crippen LogP contribution < -0.4 is 11.5 Å². The number of hydrogen-bond acceptors (Lipinski definition) is 2. The molecule has 4 N–H and O–H groups in total. The second-order valence-corrected chi connectivity index (χ2v) is 2.79. The van der Waals surface area contributed by atoms with Gasteiger partial charge >= 0.3 is 0 Å². The third kappa shape index (κ3) is 9.38. The van der Waals surface area contributed by atoms with E-state index in [4.69, 9.17) is 11.5 Å². The molecule has 0 rings (SSSR count). The molecule has 0 atom stereocenters. The summed E-state index contributed by atoms with van der Waals surface area (Å²) in [7, 11) is 0. The third-order valence-electron chi connectivity index (χ3n) is 0.884. The second kappa shape index (κ2) is 7.05. The van der Waals surface area contributed by atoms with E-state index in [9.17, 15) is 0 Å². The maximum Gasteiger partial charge on any atom is 0.151 e. The van der Waals surface area contributed by atoms with Crippen LogP contribution in [0.15, 0.2) is 22.1 Å². The summed E-state index contributed by atoms with van der Waals surface area (Å²) in [4.78, 5) is 7.63. The molecule has 0 bridgehead atoms. The van der Waals surface area contributed by atoms with Gasteiger partial charge in [-0.2, -0.15) is 0 Å².